The van der Waals surface area contributed by atoms with Gasteiger partial charge in [0.05, 0.1) is 0 Å². The zero-order valence-corrected chi connectivity index (χ0v) is 8.05. The fourth-order valence-corrected chi connectivity index (χ4v) is 0.848. The van der Waals surface area contributed by atoms with E-state index in [1.807, 2.05) is 19.1 Å². The van der Waals surface area contributed by atoms with Gasteiger partial charge >= 0.3 is 6.01 Å². The molecular weight excluding hydrogens is 176 g/mol. The number of nitrogens with zero attached hydrogens (tertiary/aromatic N) is 2. The van der Waals surface area contributed by atoms with Crippen LogP contribution in [-0.2, 0) is 0 Å². The van der Waals surface area contributed by atoms with E-state index in [9.17, 15) is 0 Å². The first kappa shape index (κ1) is 10.2. The molecule has 0 amide bonds. The Labute approximate surface area is 83.5 Å². The molecule has 72 valence electrons. The fourth-order valence-electron chi connectivity index (χ4n) is 0.848. The summed E-state index contributed by atoms with van der Waals surface area (Å²) in [4.78, 5) is 7.88. The summed E-state index contributed by atoms with van der Waals surface area (Å²) in [6, 6.07) is 2.07. The minimum Gasteiger partial charge on any atom is -0.424 e. The van der Waals surface area contributed by atoms with E-state index in [2.05, 4.69) is 16.5 Å². The lowest BCUT2D eigenvalue weighted by Crippen LogP contribution is -1.95. The Bertz CT molecular complexity index is 342. The van der Waals surface area contributed by atoms with Crippen molar-refractivity contribution in [3.05, 3.63) is 55.1 Å². The summed E-state index contributed by atoms with van der Waals surface area (Å²) in [5.74, 6) is 0.661. The smallest absolute Gasteiger partial charge is 0.321 e. The van der Waals surface area contributed by atoms with E-state index in [4.69, 9.17) is 4.74 Å². The Morgan fingerprint density at radius 1 is 1.43 bits per heavy atom. The Morgan fingerprint density at radius 3 is 2.71 bits per heavy atom. The summed E-state index contributed by atoms with van der Waals surface area (Å²) in [6.45, 7) is 5.50. The topological polar surface area (TPSA) is 35.0 Å². The van der Waals surface area contributed by atoms with Crippen LogP contribution in [0.5, 0.6) is 6.01 Å². The average Bonchev–Trinajstić information content (AvgIpc) is 2.20. The molecule has 1 aromatic heterocycles. The van der Waals surface area contributed by atoms with Crippen LogP contribution >= 0.6 is 0 Å². The highest BCUT2D eigenvalue weighted by molar-refractivity contribution is 5.19. The van der Waals surface area contributed by atoms with E-state index in [1.54, 1.807) is 30.6 Å². The summed E-state index contributed by atoms with van der Waals surface area (Å²) in [5, 5.41) is 0. The van der Waals surface area contributed by atoms with Gasteiger partial charge in [-0.25, -0.2) is 9.97 Å². The predicted molar refractivity (Wildman–Crippen MR) is 55.8 cm³/mol. The molecular formula is C11H12N2O. The Hall–Kier alpha value is -1.90. The molecule has 0 saturated heterocycles. The third kappa shape index (κ3) is 3.23. The van der Waals surface area contributed by atoms with Crippen molar-refractivity contribution >= 4 is 0 Å². The number of hydrogen-bond donors (Lipinski definition) is 0. The quantitative estimate of drug-likeness (QED) is 0.538. The standard InChI is InChI=1S/C11H12N2O/c1-3-6-10(7-4-2)14-11-12-8-5-9-13-11/h3-9H,1H2,2H3. The first-order valence-electron chi connectivity index (χ1n) is 4.27. The minimum atomic E-state index is 0.332. The maximum atomic E-state index is 5.38. The van der Waals surface area contributed by atoms with Gasteiger partial charge in [-0.1, -0.05) is 18.7 Å². The second-order valence-corrected chi connectivity index (χ2v) is 2.44. The third-order valence-electron chi connectivity index (χ3n) is 1.36. The molecule has 0 fully saturated rings. The molecule has 0 bridgehead atoms. The second kappa shape index (κ2) is 5.70. The highest BCUT2D eigenvalue weighted by Gasteiger charge is 1.96. The van der Waals surface area contributed by atoms with Gasteiger partial charge in [0.15, 0.2) is 0 Å². The van der Waals surface area contributed by atoms with Crippen molar-refractivity contribution in [3.8, 4) is 6.01 Å². The maximum absolute atomic E-state index is 5.38. The van der Waals surface area contributed by atoms with Crippen molar-refractivity contribution < 1.29 is 4.74 Å². The van der Waals surface area contributed by atoms with Crippen molar-refractivity contribution in [2.45, 2.75) is 6.92 Å². The monoisotopic (exact) mass is 188 g/mol. The van der Waals surface area contributed by atoms with Crippen molar-refractivity contribution in [3.63, 3.8) is 0 Å². The molecule has 14 heavy (non-hydrogen) atoms. The second-order valence-electron chi connectivity index (χ2n) is 2.44. The van der Waals surface area contributed by atoms with Crippen LogP contribution in [0.1, 0.15) is 6.92 Å². The van der Waals surface area contributed by atoms with Crippen molar-refractivity contribution in [1.82, 2.24) is 9.97 Å². The molecule has 1 rings (SSSR count). The molecule has 0 aromatic carbocycles. The number of ether oxygens (including phenoxy) is 1. The van der Waals surface area contributed by atoms with Gasteiger partial charge in [0, 0.05) is 12.4 Å². The summed E-state index contributed by atoms with van der Waals surface area (Å²) in [5.41, 5.74) is 0. The van der Waals surface area contributed by atoms with E-state index in [-0.39, 0.29) is 0 Å². The van der Waals surface area contributed by atoms with E-state index in [1.165, 1.54) is 0 Å². The van der Waals surface area contributed by atoms with Crippen LogP contribution in [0.25, 0.3) is 0 Å². The molecule has 0 atom stereocenters. The van der Waals surface area contributed by atoms with Crippen LogP contribution in [0.4, 0.5) is 0 Å². The van der Waals surface area contributed by atoms with E-state index >= 15 is 0 Å². The summed E-state index contributed by atoms with van der Waals surface area (Å²) >= 11 is 0. The zero-order valence-electron chi connectivity index (χ0n) is 8.05. The van der Waals surface area contributed by atoms with Crippen LogP contribution < -0.4 is 4.74 Å². The van der Waals surface area contributed by atoms with Crippen LogP contribution in [0, 0.1) is 0 Å². The summed E-state index contributed by atoms with van der Waals surface area (Å²) in [6.07, 6.45) is 10.3. The third-order valence-corrected chi connectivity index (χ3v) is 1.36. The van der Waals surface area contributed by atoms with Crippen molar-refractivity contribution in [2.75, 3.05) is 0 Å². The molecule has 1 aromatic rings. The van der Waals surface area contributed by atoms with Gasteiger partial charge in [-0.3, -0.25) is 0 Å². The van der Waals surface area contributed by atoms with Crippen molar-refractivity contribution in [1.29, 1.82) is 0 Å². The van der Waals surface area contributed by atoms with Crippen LogP contribution in [0.3, 0.4) is 0 Å². The minimum absolute atomic E-state index is 0.332. The Kier molecular flexibility index (Phi) is 4.14. The van der Waals surface area contributed by atoms with Gasteiger partial charge in [0.1, 0.15) is 5.76 Å². The Morgan fingerprint density at radius 2 is 2.14 bits per heavy atom. The number of allylic oxidation sites excluding steroid dienone is 4. The number of rotatable bonds is 4. The van der Waals surface area contributed by atoms with E-state index < -0.39 is 0 Å². The average molecular weight is 188 g/mol. The van der Waals surface area contributed by atoms with E-state index in [0.717, 1.165) is 0 Å². The molecule has 3 nitrogen and oxygen atoms in total. The first-order chi connectivity index (χ1) is 6.86. The molecule has 0 N–H and O–H groups in total. The molecule has 0 spiro atoms. The lowest BCUT2D eigenvalue weighted by atomic mass is 10.4. The predicted octanol–water partition coefficient (Wildman–Crippen LogP) is 2.50. The molecule has 1 heterocycles. The molecule has 0 aliphatic rings. The summed E-state index contributed by atoms with van der Waals surface area (Å²) in [7, 11) is 0. The van der Waals surface area contributed by atoms with Gasteiger partial charge < -0.3 is 4.74 Å². The molecule has 0 aliphatic heterocycles. The lowest BCUT2D eigenvalue weighted by Gasteiger charge is -2.02. The van der Waals surface area contributed by atoms with Crippen LogP contribution in [-0.4, -0.2) is 9.97 Å². The van der Waals surface area contributed by atoms with E-state index in [0.29, 0.717) is 11.8 Å². The molecule has 0 unspecified atom stereocenters. The molecule has 3 heteroatoms. The normalized spacial score (nSPS) is 11.6. The molecule has 0 saturated carbocycles. The number of hydrogen-bond acceptors (Lipinski definition) is 3. The SMILES string of the molecule is C=CC=C(C=CC)Oc1ncccn1. The van der Waals surface area contributed by atoms with Crippen LogP contribution in [0.2, 0.25) is 0 Å². The molecule has 0 aliphatic carbocycles. The number of aromatic nitrogens is 2. The highest BCUT2D eigenvalue weighted by Crippen LogP contribution is 2.06. The fraction of sp³-hybridized carbons (Fsp3) is 0.0909. The highest BCUT2D eigenvalue weighted by atomic mass is 16.5. The Balaban J connectivity index is 2.75. The van der Waals surface area contributed by atoms with Gasteiger partial charge in [-0.05, 0) is 25.1 Å². The summed E-state index contributed by atoms with van der Waals surface area (Å²) < 4.78 is 5.38. The van der Waals surface area contributed by atoms with Crippen molar-refractivity contribution in [2.24, 2.45) is 0 Å². The lowest BCUT2D eigenvalue weighted by molar-refractivity contribution is 0.407. The van der Waals surface area contributed by atoms with Gasteiger partial charge in [-0.2, -0.15) is 0 Å². The van der Waals surface area contributed by atoms with Gasteiger partial charge in [0.25, 0.3) is 0 Å². The van der Waals surface area contributed by atoms with Gasteiger partial charge in [-0.15, -0.1) is 0 Å². The maximum Gasteiger partial charge on any atom is 0.321 e. The van der Waals surface area contributed by atoms with Gasteiger partial charge in [0.2, 0.25) is 0 Å². The largest absolute Gasteiger partial charge is 0.424 e. The van der Waals surface area contributed by atoms with Crippen LogP contribution in [0.15, 0.2) is 55.1 Å². The molecule has 0 radical (unpaired) electrons. The zero-order chi connectivity index (χ0) is 10.2. The first-order valence-corrected chi connectivity index (χ1v) is 4.27.